The van der Waals surface area contributed by atoms with E-state index in [2.05, 4.69) is 158 Å². The molecular formula is C49H31N3. The molecule has 0 spiro atoms. The van der Waals surface area contributed by atoms with Crippen molar-refractivity contribution in [1.29, 1.82) is 0 Å². The van der Waals surface area contributed by atoms with Crippen LogP contribution in [0.25, 0.3) is 99.7 Å². The van der Waals surface area contributed by atoms with Crippen molar-refractivity contribution in [3.8, 4) is 67.4 Å². The van der Waals surface area contributed by atoms with E-state index in [4.69, 9.17) is 15.0 Å². The van der Waals surface area contributed by atoms with Crippen LogP contribution < -0.4 is 0 Å². The molecule has 0 fully saturated rings. The Morgan fingerprint density at radius 3 is 1.44 bits per heavy atom. The first-order valence-electron chi connectivity index (χ1n) is 17.6. The summed E-state index contributed by atoms with van der Waals surface area (Å²) in [6.45, 7) is 0. The van der Waals surface area contributed by atoms with Crippen molar-refractivity contribution in [2.24, 2.45) is 0 Å². The van der Waals surface area contributed by atoms with Crippen molar-refractivity contribution in [2.45, 2.75) is 0 Å². The Balaban J connectivity index is 1.23. The van der Waals surface area contributed by atoms with E-state index in [1.165, 1.54) is 32.3 Å². The first-order valence-corrected chi connectivity index (χ1v) is 17.6. The lowest BCUT2D eigenvalue weighted by molar-refractivity contribution is 1.18. The third kappa shape index (κ3) is 5.28. The molecule has 0 unspecified atom stereocenters. The van der Waals surface area contributed by atoms with E-state index < -0.39 is 0 Å². The normalized spacial score (nSPS) is 11.5. The lowest BCUT2D eigenvalue weighted by atomic mass is 9.89. The van der Waals surface area contributed by atoms with Gasteiger partial charge in [0.25, 0.3) is 0 Å². The minimum atomic E-state index is 0.677. The zero-order valence-electron chi connectivity index (χ0n) is 28.2. The summed E-state index contributed by atoms with van der Waals surface area (Å²) in [5, 5.41) is 7.62. The van der Waals surface area contributed by atoms with Gasteiger partial charge in [-0.1, -0.05) is 133 Å². The molecule has 0 saturated heterocycles. The minimum Gasteiger partial charge on any atom is -0.256 e. The highest BCUT2D eigenvalue weighted by Gasteiger charge is 2.17. The van der Waals surface area contributed by atoms with Gasteiger partial charge in [0.1, 0.15) is 0 Å². The predicted molar refractivity (Wildman–Crippen MR) is 216 cm³/mol. The number of hydrogen-bond acceptors (Lipinski definition) is 3. The van der Waals surface area contributed by atoms with E-state index in [0.29, 0.717) is 5.82 Å². The van der Waals surface area contributed by atoms with Crippen LogP contribution in [-0.2, 0) is 0 Å². The summed E-state index contributed by atoms with van der Waals surface area (Å²) < 4.78 is 0. The fourth-order valence-corrected chi connectivity index (χ4v) is 7.57. The molecule has 2 heterocycles. The summed E-state index contributed by atoms with van der Waals surface area (Å²) in [5.41, 5.74) is 11.2. The van der Waals surface area contributed by atoms with E-state index >= 15 is 0 Å². The number of aromatic nitrogens is 3. The molecule has 0 atom stereocenters. The molecule has 0 aliphatic heterocycles. The summed E-state index contributed by atoms with van der Waals surface area (Å²) >= 11 is 0. The number of pyridine rings is 1. The number of rotatable bonds is 6. The van der Waals surface area contributed by atoms with Gasteiger partial charge in [-0.25, -0.2) is 9.97 Å². The van der Waals surface area contributed by atoms with Crippen LogP contribution >= 0.6 is 0 Å². The van der Waals surface area contributed by atoms with Gasteiger partial charge in [0.05, 0.1) is 17.1 Å². The summed E-state index contributed by atoms with van der Waals surface area (Å²) in [4.78, 5) is 15.2. The minimum absolute atomic E-state index is 0.677. The average Bonchev–Trinajstić information content (AvgIpc) is 3.23. The van der Waals surface area contributed by atoms with Gasteiger partial charge in [-0.05, 0) is 103 Å². The summed E-state index contributed by atoms with van der Waals surface area (Å²) in [5.74, 6) is 0.677. The molecule has 0 bridgehead atoms. The summed E-state index contributed by atoms with van der Waals surface area (Å²) in [7, 11) is 0. The lowest BCUT2D eigenvalue weighted by Crippen LogP contribution is -1.97. The molecule has 0 N–H and O–H groups in total. The first kappa shape index (κ1) is 29.9. The van der Waals surface area contributed by atoms with E-state index in [1.807, 2.05) is 30.5 Å². The third-order valence-electron chi connectivity index (χ3n) is 10.0. The van der Waals surface area contributed by atoms with Gasteiger partial charge in [0, 0.05) is 28.5 Å². The van der Waals surface area contributed by atoms with Gasteiger partial charge in [-0.2, -0.15) is 0 Å². The second-order valence-electron chi connectivity index (χ2n) is 13.3. The first-order chi connectivity index (χ1) is 25.7. The maximum Gasteiger partial charge on any atom is 0.160 e. The maximum atomic E-state index is 5.24. The van der Waals surface area contributed by atoms with E-state index in [0.717, 1.165) is 61.6 Å². The number of benzene rings is 8. The molecular weight excluding hydrogens is 631 g/mol. The topological polar surface area (TPSA) is 38.7 Å². The zero-order chi connectivity index (χ0) is 34.4. The van der Waals surface area contributed by atoms with Gasteiger partial charge in [0.15, 0.2) is 5.82 Å². The molecule has 10 aromatic rings. The molecule has 8 aromatic carbocycles. The molecule has 0 radical (unpaired) electrons. The van der Waals surface area contributed by atoms with Crippen molar-refractivity contribution < 1.29 is 0 Å². The second kappa shape index (κ2) is 12.4. The fraction of sp³-hybridized carbons (Fsp3) is 0. The van der Waals surface area contributed by atoms with E-state index in [9.17, 15) is 0 Å². The molecule has 52 heavy (non-hydrogen) atoms. The van der Waals surface area contributed by atoms with E-state index in [-0.39, 0.29) is 0 Å². The number of nitrogens with zero attached hydrogens (tertiary/aromatic N) is 3. The molecule has 2 aromatic heterocycles. The van der Waals surface area contributed by atoms with Crippen LogP contribution in [-0.4, -0.2) is 15.0 Å². The Labute approximate surface area is 301 Å². The molecule has 10 rings (SSSR count). The van der Waals surface area contributed by atoms with Gasteiger partial charge in [-0.15, -0.1) is 0 Å². The smallest absolute Gasteiger partial charge is 0.160 e. The van der Waals surface area contributed by atoms with Crippen molar-refractivity contribution >= 4 is 32.3 Å². The summed E-state index contributed by atoms with van der Waals surface area (Å²) in [6.07, 6.45) is 1.85. The molecule has 3 heteroatoms. The monoisotopic (exact) mass is 661 g/mol. The average molecular weight is 662 g/mol. The SMILES string of the molecule is c1ccc(-c2cc(-c3ccccc3)nc(-c3cc(-c4cc5ccc6cccc7ccc(c4)c5c67)cc(-c4ccccc4-c4ccccn4)c3)n2)cc1. The van der Waals surface area contributed by atoms with Crippen LogP contribution in [0.3, 0.4) is 0 Å². The van der Waals surface area contributed by atoms with Crippen LogP contribution in [0.1, 0.15) is 0 Å². The number of hydrogen-bond donors (Lipinski definition) is 0. The van der Waals surface area contributed by atoms with Crippen molar-refractivity contribution in [1.82, 2.24) is 15.0 Å². The second-order valence-corrected chi connectivity index (χ2v) is 13.3. The maximum absolute atomic E-state index is 5.24. The highest BCUT2D eigenvalue weighted by molar-refractivity contribution is 6.23. The fourth-order valence-electron chi connectivity index (χ4n) is 7.57. The molecule has 0 aliphatic rings. The van der Waals surface area contributed by atoms with Crippen molar-refractivity contribution in [3.63, 3.8) is 0 Å². The molecule has 242 valence electrons. The standard InChI is InChI=1S/C49H31N3/c1-3-12-32(13-4-1)45-31-46(33-14-5-2-6-15-33)52-49(51-45)41-29-39(28-40(30-41)42-18-7-8-19-43(42)44-20-9-10-25-50-44)38-26-36-23-21-34-16-11-17-35-22-24-37(27-38)48(36)47(34)35/h1-31H. The summed E-state index contributed by atoms with van der Waals surface area (Å²) in [6, 6.07) is 64.4. The van der Waals surface area contributed by atoms with Crippen LogP contribution in [0.15, 0.2) is 188 Å². The molecule has 0 saturated carbocycles. The van der Waals surface area contributed by atoms with Gasteiger partial charge >= 0.3 is 0 Å². The predicted octanol–water partition coefficient (Wildman–Crippen LogP) is 12.8. The Morgan fingerprint density at radius 1 is 0.288 bits per heavy atom. The molecule has 3 nitrogen and oxygen atoms in total. The molecule has 0 amide bonds. The van der Waals surface area contributed by atoms with Crippen LogP contribution in [0.4, 0.5) is 0 Å². The van der Waals surface area contributed by atoms with Gasteiger partial charge in [-0.3, -0.25) is 4.98 Å². The Morgan fingerprint density at radius 2 is 0.808 bits per heavy atom. The highest BCUT2D eigenvalue weighted by Crippen LogP contribution is 2.41. The van der Waals surface area contributed by atoms with Crippen LogP contribution in [0, 0.1) is 0 Å². The van der Waals surface area contributed by atoms with Crippen LogP contribution in [0.2, 0.25) is 0 Å². The largest absolute Gasteiger partial charge is 0.256 e. The van der Waals surface area contributed by atoms with Crippen molar-refractivity contribution in [3.05, 3.63) is 188 Å². The third-order valence-corrected chi connectivity index (χ3v) is 10.0. The Hall–Kier alpha value is -6.97. The van der Waals surface area contributed by atoms with Gasteiger partial charge in [0.2, 0.25) is 0 Å². The quantitative estimate of drug-likeness (QED) is 0.166. The van der Waals surface area contributed by atoms with Crippen LogP contribution in [0.5, 0.6) is 0 Å². The zero-order valence-corrected chi connectivity index (χ0v) is 28.2. The Kier molecular flexibility index (Phi) is 7.14. The van der Waals surface area contributed by atoms with E-state index in [1.54, 1.807) is 0 Å². The lowest BCUT2D eigenvalue weighted by Gasteiger charge is -2.16. The Bertz CT molecular complexity index is 2760. The highest BCUT2D eigenvalue weighted by atomic mass is 14.9. The van der Waals surface area contributed by atoms with Crippen molar-refractivity contribution in [2.75, 3.05) is 0 Å². The van der Waals surface area contributed by atoms with Gasteiger partial charge < -0.3 is 0 Å². The molecule has 0 aliphatic carbocycles.